The highest BCUT2D eigenvalue weighted by molar-refractivity contribution is 5.72. The summed E-state index contributed by atoms with van der Waals surface area (Å²) in [6.45, 7) is 0. The molecular formula is C18H20O6. The number of carboxylic acid groups (broad SMARTS) is 1. The first-order valence-electron chi connectivity index (χ1n) is 7.48. The van der Waals surface area contributed by atoms with Crippen LogP contribution in [0.2, 0.25) is 0 Å². The van der Waals surface area contributed by atoms with E-state index in [9.17, 15) is 25.2 Å². The van der Waals surface area contributed by atoms with Gasteiger partial charge in [0, 0.05) is 5.92 Å². The molecule has 0 aliphatic heterocycles. The second-order valence-corrected chi connectivity index (χ2v) is 5.55. The molecule has 0 aliphatic rings. The summed E-state index contributed by atoms with van der Waals surface area (Å²) in [6.07, 6.45) is -7.57. The van der Waals surface area contributed by atoms with Gasteiger partial charge in [-0.05, 0) is 11.1 Å². The number of aliphatic carboxylic acids is 1. The summed E-state index contributed by atoms with van der Waals surface area (Å²) in [6, 6.07) is 17.7. The average molecular weight is 332 g/mol. The van der Waals surface area contributed by atoms with Crippen LogP contribution in [0, 0.1) is 0 Å². The maximum absolute atomic E-state index is 10.8. The molecule has 0 saturated carbocycles. The van der Waals surface area contributed by atoms with E-state index >= 15 is 0 Å². The van der Waals surface area contributed by atoms with Gasteiger partial charge in [0.05, 0.1) is 6.10 Å². The lowest BCUT2D eigenvalue weighted by Crippen LogP contribution is -2.49. The van der Waals surface area contributed by atoms with Gasteiger partial charge in [-0.25, -0.2) is 4.79 Å². The van der Waals surface area contributed by atoms with Crippen LogP contribution in [0.5, 0.6) is 0 Å². The third-order valence-corrected chi connectivity index (χ3v) is 3.94. The normalized spacial score (nSPS) is 16.4. The third kappa shape index (κ3) is 3.98. The largest absolute Gasteiger partial charge is 0.479 e. The highest BCUT2D eigenvalue weighted by Crippen LogP contribution is 2.30. The van der Waals surface area contributed by atoms with Crippen LogP contribution in [-0.2, 0) is 4.79 Å². The smallest absolute Gasteiger partial charge is 0.335 e. The minimum absolute atomic E-state index is 0.687. The van der Waals surface area contributed by atoms with Gasteiger partial charge in [-0.3, -0.25) is 0 Å². The van der Waals surface area contributed by atoms with Crippen molar-refractivity contribution >= 4 is 5.97 Å². The van der Waals surface area contributed by atoms with Crippen molar-refractivity contribution in [1.29, 1.82) is 0 Å². The Morgan fingerprint density at radius 2 is 1.08 bits per heavy atom. The molecule has 0 radical (unpaired) electrons. The molecule has 4 atom stereocenters. The molecule has 128 valence electrons. The second-order valence-electron chi connectivity index (χ2n) is 5.55. The molecule has 0 aliphatic carbocycles. The van der Waals surface area contributed by atoms with Crippen molar-refractivity contribution in [2.45, 2.75) is 30.3 Å². The average Bonchev–Trinajstić information content (AvgIpc) is 2.61. The fourth-order valence-electron chi connectivity index (χ4n) is 2.64. The Labute approximate surface area is 139 Å². The molecule has 6 heteroatoms. The molecule has 2 aromatic rings. The Bertz CT molecular complexity index is 606. The third-order valence-electron chi connectivity index (χ3n) is 3.94. The number of aliphatic hydroxyl groups excluding tert-OH is 4. The van der Waals surface area contributed by atoms with E-state index in [4.69, 9.17) is 5.11 Å². The first-order valence-corrected chi connectivity index (χ1v) is 7.48. The van der Waals surface area contributed by atoms with Crippen LogP contribution in [0.1, 0.15) is 17.0 Å². The molecular weight excluding hydrogens is 312 g/mol. The van der Waals surface area contributed by atoms with Gasteiger partial charge < -0.3 is 25.5 Å². The van der Waals surface area contributed by atoms with Gasteiger partial charge in [0.1, 0.15) is 12.2 Å². The standard InChI is InChI=1S/C18H20O6/c19-14(15(20)16(21)17(22)18(23)24)13(11-7-3-1-4-8-11)12-9-5-2-6-10-12/h1-10,13-17,19-22H,(H,23,24)/t14-,15+,16+,17+/m1/s1. The monoisotopic (exact) mass is 332 g/mol. The molecule has 24 heavy (non-hydrogen) atoms. The quantitative estimate of drug-likeness (QED) is 0.499. The Morgan fingerprint density at radius 1 is 0.667 bits per heavy atom. The van der Waals surface area contributed by atoms with Crippen molar-refractivity contribution in [3.8, 4) is 0 Å². The Balaban J connectivity index is 2.35. The lowest BCUT2D eigenvalue weighted by atomic mass is 9.82. The zero-order valence-corrected chi connectivity index (χ0v) is 12.8. The summed E-state index contributed by atoms with van der Waals surface area (Å²) in [5, 5.41) is 48.7. The highest BCUT2D eigenvalue weighted by atomic mass is 16.4. The van der Waals surface area contributed by atoms with Crippen molar-refractivity contribution < 1.29 is 30.3 Å². The van der Waals surface area contributed by atoms with Gasteiger partial charge in [0.2, 0.25) is 0 Å². The predicted octanol–water partition coefficient (Wildman–Crippen LogP) is 0.347. The first-order chi connectivity index (χ1) is 11.4. The Hall–Kier alpha value is -2.25. The van der Waals surface area contributed by atoms with E-state index in [0.29, 0.717) is 11.1 Å². The predicted molar refractivity (Wildman–Crippen MR) is 86.4 cm³/mol. The number of benzene rings is 2. The number of hydrogen-bond donors (Lipinski definition) is 5. The van der Waals surface area contributed by atoms with E-state index in [1.54, 1.807) is 60.7 Å². The zero-order chi connectivity index (χ0) is 17.7. The summed E-state index contributed by atoms with van der Waals surface area (Å²) in [5.74, 6) is -2.37. The Kier molecular flexibility index (Phi) is 6.05. The summed E-state index contributed by atoms with van der Waals surface area (Å²) >= 11 is 0. The highest BCUT2D eigenvalue weighted by Gasteiger charge is 2.38. The second kappa shape index (κ2) is 8.03. The molecule has 6 nitrogen and oxygen atoms in total. The topological polar surface area (TPSA) is 118 Å². The maximum atomic E-state index is 10.8. The van der Waals surface area contributed by atoms with Crippen LogP contribution >= 0.6 is 0 Å². The van der Waals surface area contributed by atoms with Crippen LogP contribution in [0.25, 0.3) is 0 Å². The van der Waals surface area contributed by atoms with Gasteiger partial charge in [-0.15, -0.1) is 0 Å². The number of hydrogen-bond acceptors (Lipinski definition) is 5. The molecule has 0 bridgehead atoms. The van der Waals surface area contributed by atoms with E-state index < -0.39 is 36.3 Å². The number of rotatable bonds is 7. The van der Waals surface area contributed by atoms with Gasteiger partial charge in [-0.1, -0.05) is 60.7 Å². The lowest BCUT2D eigenvalue weighted by Gasteiger charge is -2.31. The molecule has 5 N–H and O–H groups in total. The van der Waals surface area contributed by atoms with E-state index in [2.05, 4.69) is 0 Å². The van der Waals surface area contributed by atoms with Crippen molar-refractivity contribution in [3.05, 3.63) is 71.8 Å². The molecule has 0 amide bonds. The van der Waals surface area contributed by atoms with Crippen molar-refractivity contribution in [3.63, 3.8) is 0 Å². The molecule has 0 saturated heterocycles. The molecule has 2 aromatic carbocycles. The minimum Gasteiger partial charge on any atom is -0.479 e. The van der Waals surface area contributed by atoms with Gasteiger partial charge >= 0.3 is 5.97 Å². The van der Waals surface area contributed by atoms with Crippen LogP contribution in [0.4, 0.5) is 0 Å². The fraction of sp³-hybridized carbons (Fsp3) is 0.278. The maximum Gasteiger partial charge on any atom is 0.335 e. The van der Waals surface area contributed by atoms with E-state index in [-0.39, 0.29) is 0 Å². The first kappa shape index (κ1) is 18.1. The van der Waals surface area contributed by atoms with Crippen LogP contribution in [0.3, 0.4) is 0 Å². The Morgan fingerprint density at radius 3 is 1.46 bits per heavy atom. The summed E-state index contributed by atoms with van der Waals surface area (Å²) < 4.78 is 0. The van der Waals surface area contributed by atoms with Crippen LogP contribution < -0.4 is 0 Å². The van der Waals surface area contributed by atoms with Gasteiger partial charge in [0.15, 0.2) is 6.10 Å². The lowest BCUT2D eigenvalue weighted by molar-refractivity contribution is -0.163. The molecule has 0 heterocycles. The number of aliphatic hydroxyl groups is 4. The van der Waals surface area contributed by atoms with E-state index in [0.717, 1.165) is 0 Å². The molecule has 0 fully saturated rings. The summed E-state index contributed by atoms with van der Waals surface area (Å²) in [4.78, 5) is 10.8. The van der Waals surface area contributed by atoms with Crippen molar-refractivity contribution in [2.24, 2.45) is 0 Å². The van der Waals surface area contributed by atoms with Crippen molar-refractivity contribution in [2.75, 3.05) is 0 Å². The summed E-state index contributed by atoms with van der Waals surface area (Å²) in [7, 11) is 0. The SMILES string of the molecule is O=C(O)[C@@H](O)[C@@H](O)[C@@H](O)[C@H](O)C(c1ccccc1)c1ccccc1. The molecule has 0 spiro atoms. The fourth-order valence-corrected chi connectivity index (χ4v) is 2.64. The zero-order valence-electron chi connectivity index (χ0n) is 12.8. The van der Waals surface area contributed by atoms with Gasteiger partial charge in [-0.2, -0.15) is 0 Å². The van der Waals surface area contributed by atoms with Crippen molar-refractivity contribution in [1.82, 2.24) is 0 Å². The van der Waals surface area contributed by atoms with Crippen LogP contribution in [-0.4, -0.2) is 55.9 Å². The molecule has 0 aromatic heterocycles. The van der Waals surface area contributed by atoms with Gasteiger partial charge in [0.25, 0.3) is 0 Å². The molecule has 2 rings (SSSR count). The van der Waals surface area contributed by atoms with E-state index in [1.807, 2.05) is 0 Å². The number of carboxylic acids is 1. The molecule has 0 unspecified atom stereocenters. The minimum atomic E-state index is -2.19. The van der Waals surface area contributed by atoms with E-state index in [1.165, 1.54) is 0 Å². The van der Waals surface area contributed by atoms with Crippen LogP contribution in [0.15, 0.2) is 60.7 Å². The summed E-state index contributed by atoms with van der Waals surface area (Å²) in [5.41, 5.74) is 1.37. The number of carbonyl (C=O) groups is 1.